The molecule has 60 heavy (non-hydrogen) atoms. The van der Waals surface area contributed by atoms with Crippen LogP contribution in [0.25, 0.3) is 49.3 Å². The Hall–Kier alpha value is -7.70. The summed E-state index contributed by atoms with van der Waals surface area (Å²) in [5, 5.41) is 8.13. The number of aliphatic imine (C=N–C) groups is 2. The first kappa shape index (κ1) is 36.6. The molecule has 0 aliphatic carbocycles. The highest BCUT2D eigenvalue weighted by Crippen LogP contribution is 2.55. The average Bonchev–Trinajstić information content (AvgIpc) is 3.81. The van der Waals surface area contributed by atoms with Gasteiger partial charge in [0.2, 0.25) is 0 Å². The van der Waals surface area contributed by atoms with E-state index in [0.29, 0.717) is 12.4 Å². The van der Waals surface area contributed by atoms with Crippen LogP contribution in [-0.4, -0.2) is 28.1 Å². The van der Waals surface area contributed by atoms with E-state index in [1.54, 1.807) is 6.21 Å². The van der Waals surface area contributed by atoms with Crippen LogP contribution in [0.5, 0.6) is 0 Å². The molecule has 0 atom stereocenters. The quantitative estimate of drug-likeness (QED) is 0.188. The summed E-state index contributed by atoms with van der Waals surface area (Å²) in [7, 11) is 0. The second kappa shape index (κ2) is 15.6. The third kappa shape index (κ3) is 6.58. The van der Waals surface area contributed by atoms with Crippen LogP contribution in [0.1, 0.15) is 30.5 Å². The zero-order valence-corrected chi connectivity index (χ0v) is 33.6. The van der Waals surface area contributed by atoms with Crippen molar-refractivity contribution in [2.24, 2.45) is 9.98 Å². The summed E-state index contributed by atoms with van der Waals surface area (Å²) in [6, 6.07) is 47.8. The second-order valence-electron chi connectivity index (χ2n) is 15.6. The van der Waals surface area contributed by atoms with Crippen molar-refractivity contribution in [1.29, 1.82) is 0 Å². The van der Waals surface area contributed by atoms with Crippen molar-refractivity contribution in [2.75, 3.05) is 11.4 Å². The number of nitrogens with one attached hydrogen (secondary N) is 2. The molecular weight excluding hydrogens is 733 g/mol. The Labute approximate surface area is 349 Å². The summed E-state index contributed by atoms with van der Waals surface area (Å²) in [4.78, 5) is 16.2. The molecule has 290 valence electrons. The van der Waals surface area contributed by atoms with Crippen molar-refractivity contribution in [3.8, 4) is 0 Å². The largest absolute Gasteiger partial charge is 0.387 e. The van der Waals surface area contributed by atoms with Gasteiger partial charge in [-0.2, -0.15) is 0 Å². The third-order valence-electron chi connectivity index (χ3n) is 11.6. The van der Waals surface area contributed by atoms with Gasteiger partial charge in [0.15, 0.2) is 5.84 Å². The van der Waals surface area contributed by atoms with E-state index in [2.05, 4.69) is 161 Å². The third-order valence-corrected chi connectivity index (χ3v) is 11.6. The highest BCUT2D eigenvalue weighted by atomic mass is 15.2. The number of hydrogen-bond donors (Lipinski definition) is 2. The van der Waals surface area contributed by atoms with E-state index in [1.165, 1.54) is 38.4 Å². The molecule has 6 aromatic carbocycles. The average molecular weight is 777 g/mol. The lowest BCUT2D eigenvalue weighted by Gasteiger charge is -2.42. The molecule has 0 saturated carbocycles. The monoisotopic (exact) mass is 776 g/mol. The first-order valence-corrected chi connectivity index (χ1v) is 20.5. The molecule has 6 heteroatoms. The number of amidine groups is 1. The fraction of sp³-hybridized carbons (Fsp3) is 0.0741. The lowest BCUT2D eigenvalue weighted by Crippen LogP contribution is -2.30. The van der Waals surface area contributed by atoms with Crippen molar-refractivity contribution < 1.29 is 0 Å². The first-order chi connectivity index (χ1) is 29.6. The molecule has 0 unspecified atom stereocenters. The van der Waals surface area contributed by atoms with Gasteiger partial charge in [0.25, 0.3) is 0 Å². The Balaban J connectivity index is 1.23. The molecule has 0 bridgehead atoms. The fourth-order valence-corrected chi connectivity index (χ4v) is 8.66. The van der Waals surface area contributed by atoms with Gasteiger partial charge in [-0.05, 0) is 84.1 Å². The number of anilines is 3. The summed E-state index contributed by atoms with van der Waals surface area (Å²) >= 11 is 0. The lowest BCUT2D eigenvalue weighted by molar-refractivity contribution is 0.634. The van der Waals surface area contributed by atoms with Crippen molar-refractivity contribution in [3.63, 3.8) is 0 Å². The summed E-state index contributed by atoms with van der Waals surface area (Å²) in [6.07, 6.45) is 23.9. The molecule has 2 aromatic heterocycles. The van der Waals surface area contributed by atoms with Gasteiger partial charge in [0, 0.05) is 62.0 Å². The Morgan fingerprint density at radius 2 is 1.30 bits per heavy atom. The number of fused-ring (bicyclic) bond motifs is 8. The number of rotatable bonds is 3. The molecular formula is C54H44N6. The van der Waals surface area contributed by atoms with E-state index < -0.39 is 0 Å². The van der Waals surface area contributed by atoms with Crippen molar-refractivity contribution >= 4 is 78.4 Å². The summed E-state index contributed by atoms with van der Waals surface area (Å²) < 4.78 is 2.35. The van der Waals surface area contributed by atoms with Crippen LogP contribution in [0.4, 0.5) is 17.1 Å². The lowest BCUT2D eigenvalue weighted by atomic mass is 9.72. The molecule has 10 rings (SSSR count). The zero-order chi connectivity index (χ0) is 40.5. The number of allylic oxidation sites excluding steroid dienone is 9. The number of para-hydroxylation sites is 3. The molecule has 8 aromatic rings. The van der Waals surface area contributed by atoms with Gasteiger partial charge in [-0.3, -0.25) is 0 Å². The van der Waals surface area contributed by atoms with Gasteiger partial charge in [0.1, 0.15) is 0 Å². The summed E-state index contributed by atoms with van der Waals surface area (Å²) in [5.41, 5.74) is 12.0. The van der Waals surface area contributed by atoms with Crippen LogP contribution >= 0.6 is 0 Å². The fourth-order valence-electron chi connectivity index (χ4n) is 8.66. The summed E-state index contributed by atoms with van der Waals surface area (Å²) in [5.74, 6) is 0.617. The van der Waals surface area contributed by atoms with Gasteiger partial charge in [0.05, 0.1) is 34.3 Å². The second-order valence-corrected chi connectivity index (χ2v) is 15.6. The Morgan fingerprint density at radius 3 is 2.17 bits per heavy atom. The van der Waals surface area contributed by atoms with Gasteiger partial charge in [-0.1, -0.05) is 135 Å². The summed E-state index contributed by atoms with van der Waals surface area (Å²) in [6.45, 7) is 5.43. The number of aromatic amines is 1. The predicted octanol–water partition coefficient (Wildman–Crippen LogP) is 13.2. The molecule has 2 aliphatic heterocycles. The molecule has 0 saturated heterocycles. The Morgan fingerprint density at radius 1 is 0.583 bits per heavy atom. The Kier molecular flexibility index (Phi) is 9.51. The van der Waals surface area contributed by atoms with Crippen molar-refractivity contribution in [3.05, 3.63) is 217 Å². The van der Waals surface area contributed by atoms with Crippen LogP contribution in [0.3, 0.4) is 0 Å². The Bertz CT molecular complexity index is 3160. The van der Waals surface area contributed by atoms with E-state index >= 15 is 0 Å². The SMILES string of the molecule is CC1(C)c2cc3[nH]c4ccccc4c3cc2N(c2ccccc2)c2cc3c(cc21)c1ccccc1n3C1=C/N=C(c2ccccc2)\N=C\C=C\C=C/C=C\NC/C=C/C=C\1. The number of H-pyrrole nitrogens is 1. The van der Waals surface area contributed by atoms with E-state index in [0.717, 1.165) is 44.7 Å². The number of nitrogens with zero attached hydrogens (tertiary/aromatic N) is 4. The van der Waals surface area contributed by atoms with Crippen LogP contribution in [0.2, 0.25) is 0 Å². The number of hydrogen-bond acceptors (Lipinski definition) is 4. The van der Waals surface area contributed by atoms with E-state index in [-0.39, 0.29) is 5.41 Å². The number of benzene rings is 6. The minimum atomic E-state index is -0.316. The highest BCUT2D eigenvalue weighted by Gasteiger charge is 2.38. The normalized spacial score (nSPS) is 20.4. The smallest absolute Gasteiger partial charge is 0.159 e. The molecule has 2 aliphatic rings. The maximum Gasteiger partial charge on any atom is 0.159 e. The standard InChI is InChI=1S/C54H44N6/c1-54(2)45-33-44-42-27-15-17-29-49(42)60(40-25-13-8-19-31-55-30-18-4-3-5-20-32-56-53(57-37-40)38-21-9-6-10-22-38)50(44)36-52(45)59(39-23-11-7-12-24-39)51-34-43-41-26-14-16-28-47(41)58-48(43)35-46(51)54/h3-30,32-37,55,58H,31H2,1-2H3/b4-3-,19-8+,20-5+,25-13-,30-18-,40-37+,56-32+,57-53-. The van der Waals surface area contributed by atoms with Gasteiger partial charge < -0.3 is 19.8 Å². The van der Waals surface area contributed by atoms with E-state index in [9.17, 15) is 0 Å². The molecule has 0 amide bonds. The molecule has 6 nitrogen and oxygen atoms in total. The van der Waals surface area contributed by atoms with Crippen LogP contribution < -0.4 is 10.2 Å². The zero-order valence-electron chi connectivity index (χ0n) is 33.6. The minimum absolute atomic E-state index is 0.316. The highest BCUT2D eigenvalue weighted by molar-refractivity contribution is 6.14. The maximum absolute atomic E-state index is 5.13. The van der Waals surface area contributed by atoms with E-state index in [4.69, 9.17) is 9.98 Å². The van der Waals surface area contributed by atoms with Crippen molar-refractivity contribution in [1.82, 2.24) is 14.9 Å². The van der Waals surface area contributed by atoms with Crippen LogP contribution in [0.15, 0.2) is 211 Å². The molecule has 0 fully saturated rings. The minimum Gasteiger partial charge on any atom is -0.387 e. The number of aromatic nitrogens is 2. The molecule has 0 spiro atoms. The van der Waals surface area contributed by atoms with Gasteiger partial charge >= 0.3 is 0 Å². The maximum atomic E-state index is 5.13. The van der Waals surface area contributed by atoms with Gasteiger partial charge in [-0.25, -0.2) is 9.98 Å². The first-order valence-electron chi connectivity index (χ1n) is 20.5. The molecule has 2 N–H and O–H groups in total. The molecule has 0 radical (unpaired) electrons. The van der Waals surface area contributed by atoms with E-state index in [1.807, 2.05) is 73.1 Å². The van der Waals surface area contributed by atoms with Crippen molar-refractivity contribution in [2.45, 2.75) is 19.3 Å². The van der Waals surface area contributed by atoms with Crippen LogP contribution in [-0.2, 0) is 5.41 Å². The van der Waals surface area contributed by atoms with Gasteiger partial charge in [-0.15, -0.1) is 0 Å². The predicted molar refractivity (Wildman–Crippen MR) is 255 cm³/mol. The van der Waals surface area contributed by atoms with Crippen LogP contribution in [0, 0.1) is 0 Å². The topological polar surface area (TPSA) is 60.7 Å². The molecule has 4 heterocycles.